The van der Waals surface area contributed by atoms with Crippen LogP contribution in [0.4, 0.5) is 5.69 Å². The Kier molecular flexibility index (Phi) is 3.31. The van der Waals surface area contributed by atoms with Crippen LogP contribution in [-0.2, 0) is 4.74 Å². The molecular formula is C12H18N2O2. The van der Waals surface area contributed by atoms with Crippen LogP contribution >= 0.6 is 0 Å². The number of phenolic OH excluding ortho intramolecular Hbond substituents is 1. The van der Waals surface area contributed by atoms with Gasteiger partial charge < -0.3 is 20.9 Å². The van der Waals surface area contributed by atoms with Gasteiger partial charge in [-0.15, -0.1) is 0 Å². The number of nitrogens with one attached hydrogen (secondary N) is 1. The monoisotopic (exact) mass is 222 g/mol. The molecule has 0 amide bonds. The van der Waals surface area contributed by atoms with Gasteiger partial charge in [0.05, 0.1) is 5.54 Å². The molecule has 16 heavy (non-hydrogen) atoms. The number of anilines is 1. The number of rotatable bonds is 3. The van der Waals surface area contributed by atoms with Crippen molar-refractivity contribution >= 4 is 5.69 Å². The molecule has 88 valence electrons. The van der Waals surface area contributed by atoms with Gasteiger partial charge in [0.25, 0.3) is 0 Å². The highest BCUT2D eigenvalue weighted by atomic mass is 16.5. The van der Waals surface area contributed by atoms with Crippen molar-refractivity contribution in [3.63, 3.8) is 0 Å². The summed E-state index contributed by atoms with van der Waals surface area (Å²) >= 11 is 0. The zero-order valence-electron chi connectivity index (χ0n) is 9.28. The summed E-state index contributed by atoms with van der Waals surface area (Å²) < 4.78 is 5.35. The molecule has 1 aromatic carbocycles. The molecule has 4 N–H and O–H groups in total. The first kappa shape index (κ1) is 11.2. The van der Waals surface area contributed by atoms with Crippen molar-refractivity contribution in [2.24, 2.45) is 5.73 Å². The van der Waals surface area contributed by atoms with Crippen molar-refractivity contribution in [3.05, 3.63) is 24.3 Å². The zero-order valence-corrected chi connectivity index (χ0v) is 9.28. The lowest BCUT2D eigenvalue weighted by Crippen LogP contribution is -2.49. The number of ether oxygens (including phenoxy) is 1. The van der Waals surface area contributed by atoms with Gasteiger partial charge in [0, 0.05) is 25.4 Å². The van der Waals surface area contributed by atoms with Gasteiger partial charge in [0.15, 0.2) is 0 Å². The molecule has 1 heterocycles. The van der Waals surface area contributed by atoms with Gasteiger partial charge in [0.1, 0.15) is 5.75 Å². The average Bonchev–Trinajstić information content (AvgIpc) is 2.33. The van der Waals surface area contributed by atoms with Crippen LogP contribution < -0.4 is 11.1 Å². The molecule has 1 aromatic rings. The topological polar surface area (TPSA) is 67.5 Å². The molecule has 1 aliphatic rings. The van der Waals surface area contributed by atoms with Gasteiger partial charge in [-0.25, -0.2) is 0 Å². The molecule has 4 nitrogen and oxygen atoms in total. The number of hydrogen-bond acceptors (Lipinski definition) is 4. The normalized spacial score (nSPS) is 19.3. The summed E-state index contributed by atoms with van der Waals surface area (Å²) in [6.45, 7) is 2.10. The van der Waals surface area contributed by atoms with E-state index in [9.17, 15) is 5.11 Å². The van der Waals surface area contributed by atoms with E-state index in [0.29, 0.717) is 6.54 Å². The second-order valence-electron chi connectivity index (χ2n) is 4.27. The fourth-order valence-corrected chi connectivity index (χ4v) is 1.99. The molecule has 0 spiro atoms. The fraction of sp³-hybridized carbons (Fsp3) is 0.500. The van der Waals surface area contributed by atoms with Gasteiger partial charge in [-0.05, 0) is 37.1 Å². The summed E-state index contributed by atoms with van der Waals surface area (Å²) in [5.41, 5.74) is 6.78. The Morgan fingerprint density at radius 2 is 1.88 bits per heavy atom. The third kappa shape index (κ3) is 2.46. The predicted molar refractivity (Wildman–Crippen MR) is 63.6 cm³/mol. The summed E-state index contributed by atoms with van der Waals surface area (Å²) in [6.07, 6.45) is 1.84. The second-order valence-corrected chi connectivity index (χ2v) is 4.27. The summed E-state index contributed by atoms with van der Waals surface area (Å²) in [5, 5.41) is 12.7. The molecule has 0 aromatic heterocycles. The first-order valence-corrected chi connectivity index (χ1v) is 5.59. The third-order valence-corrected chi connectivity index (χ3v) is 3.12. The minimum atomic E-state index is -0.0603. The minimum Gasteiger partial charge on any atom is -0.508 e. The maximum Gasteiger partial charge on any atom is 0.115 e. The highest BCUT2D eigenvalue weighted by molar-refractivity contribution is 5.48. The Morgan fingerprint density at radius 3 is 2.44 bits per heavy atom. The SMILES string of the molecule is NCC1(Nc2ccc(O)cc2)CCOCC1. The van der Waals surface area contributed by atoms with Crippen LogP contribution in [0.15, 0.2) is 24.3 Å². The first-order chi connectivity index (χ1) is 7.74. The maximum atomic E-state index is 9.21. The number of benzene rings is 1. The number of aromatic hydroxyl groups is 1. The Morgan fingerprint density at radius 1 is 1.25 bits per heavy atom. The third-order valence-electron chi connectivity index (χ3n) is 3.12. The molecule has 4 heteroatoms. The molecule has 0 bridgehead atoms. The van der Waals surface area contributed by atoms with E-state index in [2.05, 4.69) is 5.32 Å². The standard InChI is InChI=1S/C12H18N2O2/c13-9-12(5-7-16-8-6-12)14-10-1-3-11(15)4-2-10/h1-4,14-15H,5-9,13H2. The lowest BCUT2D eigenvalue weighted by Gasteiger charge is -2.37. The largest absolute Gasteiger partial charge is 0.508 e. The highest BCUT2D eigenvalue weighted by Crippen LogP contribution is 2.25. The van der Waals surface area contributed by atoms with E-state index in [-0.39, 0.29) is 11.3 Å². The van der Waals surface area contributed by atoms with Gasteiger partial charge >= 0.3 is 0 Å². The molecule has 2 rings (SSSR count). The molecule has 0 saturated carbocycles. The summed E-state index contributed by atoms with van der Waals surface area (Å²) in [4.78, 5) is 0. The summed E-state index contributed by atoms with van der Waals surface area (Å²) in [7, 11) is 0. The Hall–Kier alpha value is -1.26. The first-order valence-electron chi connectivity index (χ1n) is 5.59. The molecule has 0 atom stereocenters. The highest BCUT2D eigenvalue weighted by Gasteiger charge is 2.30. The van der Waals surface area contributed by atoms with Crippen LogP contribution in [0, 0.1) is 0 Å². The van der Waals surface area contributed by atoms with E-state index in [0.717, 1.165) is 31.7 Å². The van der Waals surface area contributed by atoms with Gasteiger partial charge in [-0.2, -0.15) is 0 Å². The molecule has 1 saturated heterocycles. The minimum absolute atomic E-state index is 0.0603. The second kappa shape index (κ2) is 4.72. The van der Waals surface area contributed by atoms with Crippen molar-refractivity contribution < 1.29 is 9.84 Å². The lowest BCUT2D eigenvalue weighted by atomic mass is 9.90. The number of phenols is 1. The Balaban J connectivity index is 2.08. The van der Waals surface area contributed by atoms with Crippen LogP contribution in [0.1, 0.15) is 12.8 Å². The van der Waals surface area contributed by atoms with Crippen LogP contribution in [0.3, 0.4) is 0 Å². The van der Waals surface area contributed by atoms with E-state index < -0.39 is 0 Å². The molecule has 1 aliphatic heterocycles. The molecule has 1 fully saturated rings. The van der Waals surface area contributed by atoms with Crippen molar-refractivity contribution in [2.45, 2.75) is 18.4 Å². The summed E-state index contributed by atoms with van der Waals surface area (Å²) in [5.74, 6) is 0.277. The smallest absolute Gasteiger partial charge is 0.115 e. The van der Waals surface area contributed by atoms with Gasteiger partial charge in [-0.3, -0.25) is 0 Å². The zero-order chi connectivity index (χ0) is 11.4. The number of hydrogen-bond donors (Lipinski definition) is 3. The van der Waals surface area contributed by atoms with Crippen molar-refractivity contribution in [3.8, 4) is 5.75 Å². The van der Waals surface area contributed by atoms with E-state index in [1.54, 1.807) is 12.1 Å². The lowest BCUT2D eigenvalue weighted by molar-refractivity contribution is 0.0628. The van der Waals surface area contributed by atoms with Crippen molar-refractivity contribution in [2.75, 3.05) is 25.1 Å². The van der Waals surface area contributed by atoms with E-state index in [1.807, 2.05) is 12.1 Å². The Labute approximate surface area is 95.4 Å². The van der Waals surface area contributed by atoms with E-state index >= 15 is 0 Å². The number of nitrogens with two attached hydrogens (primary N) is 1. The summed E-state index contributed by atoms with van der Waals surface area (Å²) in [6, 6.07) is 7.07. The van der Waals surface area contributed by atoms with Gasteiger partial charge in [-0.1, -0.05) is 0 Å². The van der Waals surface area contributed by atoms with Crippen molar-refractivity contribution in [1.29, 1.82) is 0 Å². The van der Waals surface area contributed by atoms with Crippen LogP contribution in [-0.4, -0.2) is 30.4 Å². The Bertz CT molecular complexity index is 331. The van der Waals surface area contributed by atoms with E-state index in [1.165, 1.54) is 0 Å². The average molecular weight is 222 g/mol. The fourth-order valence-electron chi connectivity index (χ4n) is 1.99. The van der Waals surface area contributed by atoms with Crippen LogP contribution in [0.25, 0.3) is 0 Å². The van der Waals surface area contributed by atoms with Gasteiger partial charge in [0.2, 0.25) is 0 Å². The van der Waals surface area contributed by atoms with Crippen LogP contribution in [0.5, 0.6) is 5.75 Å². The maximum absolute atomic E-state index is 9.21. The molecule has 0 aliphatic carbocycles. The quantitative estimate of drug-likeness (QED) is 0.675. The van der Waals surface area contributed by atoms with E-state index in [4.69, 9.17) is 10.5 Å². The van der Waals surface area contributed by atoms with Crippen molar-refractivity contribution in [1.82, 2.24) is 0 Å². The predicted octanol–water partition coefficient (Wildman–Crippen LogP) is 1.31. The molecule has 0 radical (unpaired) electrons. The van der Waals surface area contributed by atoms with Crippen LogP contribution in [0.2, 0.25) is 0 Å². The molecule has 0 unspecified atom stereocenters. The molecular weight excluding hydrogens is 204 g/mol.